The van der Waals surface area contributed by atoms with Crippen LogP contribution in [0.2, 0.25) is 10.0 Å². The van der Waals surface area contributed by atoms with E-state index >= 15 is 0 Å². The van der Waals surface area contributed by atoms with Crippen molar-refractivity contribution in [1.82, 2.24) is 5.32 Å². The van der Waals surface area contributed by atoms with Gasteiger partial charge in [-0.2, -0.15) is 0 Å². The third-order valence-electron chi connectivity index (χ3n) is 4.63. The molecule has 0 radical (unpaired) electrons. The lowest BCUT2D eigenvalue weighted by Crippen LogP contribution is -2.55. The molecule has 1 aromatic heterocycles. The number of benzene rings is 1. The van der Waals surface area contributed by atoms with Gasteiger partial charge >= 0.3 is 5.97 Å². The Morgan fingerprint density at radius 2 is 1.89 bits per heavy atom. The Balaban J connectivity index is 2.09. The summed E-state index contributed by atoms with van der Waals surface area (Å²) in [5.74, 6) is -0.903. The van der Waals surface area contributed by atoms with E-state index in [9.17, 15) is 9.59 Å². The molecular formula is C20H22Cl2N2O3S. The van der Waals surface area contributed by atoms with E-state index < -0.39 is 11.9 Å². The van der Waals surface area contributed by atoms with Gasteiger partial charge in [0.15, 0.2) is 0 Å². The van der Waals surface area contributed by atoms with E-state index in [0.29, 0.717) is 22.0 Å². The van der Waals surface area contributed by atoms with Crippen LogP contribution in [0.25, 0.3) is 0 Å². The smallest absolute Gasteiger partial charge is 0.341 e. The second-order valence-corrected chi connectivity index (χ2v) is 9.86. The van der Waals surface area contributed by atoms with Gasteiger partial charge in [-0.15, -0.1) is 11.3 Å². The molecule has 2 aromatic rings. The standard InChI is InChI=1S/C20H22Cl2N2O3S/c1-19(2)9-12-14(18(26)27-5)17(28-15(12)20(3,4)24-19)23-16(25)11-8-10(21)6-7-13(11)22/h6-8,24H,9H2,1-5H3,(H,23,25). The molecule has 5 nitrogen and oxygen atoms in total. The first-order valence-electron chi connectivity index (χ1n) is 8.75. The molecule has 0 saturated carbocycles. The fourth-order valence-electron chi connectivity index (χ4n) is 3.78. The van der Waals surface area contributed by atoms with E-state index in [4.69, 9.17) is 27.9 Å². The fraction of sp³-hybridized carbons (Fsp3) is 0.400. The van der Waals surface area contributed by atoms with E-state index in [1.54, 1.807) is 12.1 Å². The molecule has 0 aliphatic carbocycles. The second kappa shape index (κ2) is 7.34. The first-order valence-corrected chi connectivity index (χ1v) is 10.3. The molecule has 0 fully saturated rings. The van der Waals surface area contributed by atoms with Gasteiger partial charge in [-0.05, 0) is 57.9 Å². The van der Waals surface area contributed by atoms with Crippen LogP contribution in [-0.2, 0) is 16.7 Å². The zero-order valence-corrected chi connectivity index (χ0v) is 18.7. The lowest BCUT2D eigenvalue weighted by molar-refractivity contribution is 0.0600. The molecule has 1 aliphatic rings. The van der Waals surface area contributed by atoms with Crippen molar-refractivity contribution in [2.75, 3.05) is 12.4 Å². The van der Waals surface area contributed by atoms with Crippen LogP contribution in [0.15, 0.2) is 18.2 Å². The molecule has 1 aromatic carbocycles. The van der Waals surface area contributed by atoms with Gasteiger partial charge in [0.1, 0.15) is 5.00 Å². The van der Waals surface area contributed by atoms with Gasteiger partial charge in [0.25, 0.3) is 5.91 Å². The number of ether oxygens (including phenoxy) is 1. The highest BCUT2D eigenvalue weighted by molar-refractivity contribution is 7.17. The van der Waals surface area contributed by atoms with Crippen LogP contribution < -0.4 is 10.6 Å². The average molecular weight is 441 g/mol. The van der Waals surface area contributed by atoms with E-state index in [2.05, 4.69) is 38.3 Å². The van der Waals surface area contributed by atoms with E-state index in [0.717, 1.165) is 10.4 Å². The zero-order chi connectivity index (χ0) is 20.9. The molecule has 1 amide bonds. The van der Waals surface area contributed by atoms with Crippen LogP contribution in [0.3, 0.4) is 0 Å². The average Bonchev–Trinajstić information content (AvgIpc) is 2.93. The summed E-state index contributed by atoms with van der Waals surface area (Å²) >= 11 is 13.5. The van der Waals surface area contributed by atoms with Crippen LogP contribution in [0.5, 0.6) is 0 Å². The van der Waals surface area contributed by atoms with Crippen molar-refractivity contribution in [2.24, 2.45) is 0 Å². The number of carbonyl (C=O) groups is 2. The van der Waals surface area contributed by atoms with Crippen LogP contribution in [0.4, 0.5) is 5.00 Å². The largest absolute Gasteiger partial charge is 0.465 e. The quantitative estimate of drug-likeness (QED) is 0.639. The Kier molecular flexibility index (Phi) is 5.53. The van der Waals surface area contributed by atoms with E-state index in [-0.39, 0.29) is 21.7 Å². The number of esters is 1. The number of methoxy groups -OCH3 is 1. The van der Waals surface area contributed by atoms with Gasteiger partial charge in [-0.1, -0.05) is 23.2 Å². The van der Waals surface area contributed by atoms with E-state index in [1.165, 1.54) is 24.5 Å². The van der Waals surface area contributed by atoms with Gasteiger partial charge in [-0.25, -0.2) is 4.79 Å². The molecule has 0 bridgehead atoms. The molecule has 0 saturated heterocycles. The van der Waals surface area contributed by atoms with Gasteiger partial charge in [0, 0.05) is 21.0 Å². The topological polar surface area (TPSA) is 67.4 Å². The molecule has 0 spiro atoms. The minimum Gasteiger partial charge on any atom is -0.465 e. The SMILES string of the molecule is COC(=O)c1c(NC(=O)c2cc(Cl)ccc2Cl)sc2c1CC(C)(C)NC2(C)C. The maximum atomic E-state index is 12.8. The molecule has 1 aliphatic heterocycles. The van der Waals surface area contributed by atoms with Crippen LogP contribution in [0, 0.1) is 0 Å². The lowest BCUT2D eigenvalue weighted by atomic mass is 9.81. The van der Waals surface area contributed by atoms with E-state index in [1.807, 2.05) is 0 Å². The van der Waals surface area contributed by atoms with Crippen molar-refractivity contribution in [3.63, 3.8) is 0 Å². The van der Waals surface area contributed by atoms with Crippen LogP contribution in [-0.4, -0.2) is 24.5 Å². The fourth-order valence-corrected chi connectivity index (χ4v) is 5.41. The molecule has 2 N–H and O–H groups in total. The van der Waals surface area contributed by atoms with Gasteiger partial charge in [0.2, 0.25) is 0 Å². The Hall–Kier alpha value is -1.60. The number of rotatable bonds is 3. The molecule has 28 heavy (non-hydrogen) atoms. The normalized spacial score (nSPS) is 17.0. The Bertz CT molecular complexity index is 967. The summed E-state index contributed by atoms with van der Waals surface area (Å²) in [5, 5.41) is 7.57. The van der Waals surface area contributed by atoms with Gasteiger partial charge in [-0.3, -0.25) is 4.79 Å². The maximum Gasteiger partial charge on any atom is 0.341 e. The minimum atomic E-state index is -0.474. The van der Waals surface area contributed by atoms with Gasteiger partial charge in [0.05, 0.1) is 23.3 Å². The highest BCUT2D eigenvalue weighted by Gasteiger charge is 2.42. The molecule has 3 rings (SSSR count). The first kappa shape index (κ1) is 21.1. The summed E-state index contributed by atoms with van der Waals surface area (Å²) in [7, 11) is 1.34. The number of amides is 1. The molecule has 2 heterocycles. The lowest BCUT2D eigenvalue weighted by Gasteiger charge is -2.42. The maximum absolute atomic E-state index is 12.8. The summed E-state index contributed by atoms with van der Waals surface area (Å²) in [4.78, 5) is 26.4. The number of nitrogens with one attached hydrogen (secondary N) is 2. The van der Waals surface area contributed by atoms with Crippen LogP contribution in [0.1, 0.15) is 58.9 Å². The number of halogens is 2. The zero-order valence-electron chi connectivity index (χ0n) is 16.3. The highest BCUT2D eigenvalue weighted by Crippen LogP contribution is 2.45. The van der Waals surface area contributed by atoms with Crippen molar-refractivity contribution in [3.8, 4) is 0 Å². The predicted octanol–water partition coefficient (Wildman–Crippen LogP) is 5.25. The number of fused-ring (bicyclic) bond motifs is 1. The summed E-state index contributed by atoms with van der Waals surface area (Å²) < 4.78 is 5.02. The highest BCUT2D eigenvalue weighted by atomic mass is 35.5. The van der Waals surface area contributed by atoms with Gasteiger partial charge < -0.3 is 15.4 Å². The molecule has 0 unspecified atom stereocenters. The molecule has 150 valence electrons. The number of hydrogen-bond donors (Lipinski definition) is 2. The minimum absolute atomic E-state index is 0.210. The Morgan fingerprint density at radius 3 is 2.54 bits per heavy atom. The predicted molar refractivity (Wildman–Crippen MR) is 114 cm³/mol. The third kappa shape index (κ3) is 3.92. The molecule has 0 atom stereocenters. The third-order valence-corrected chi connectivity index (χ3v) is 6.67. The summed E-state index contributed by atoms with van der Waals surface area (Å²) in [6.45, 7) is 8.29. The first-order chi connectivity index (χ1) is 12.9. The molecular weight excluding hydrogens is 419 g/mol. The summed E-state index contributed by atoms with van der Waals surface area (Å²) in [5.41, 5.74) is 0.975. The second-order valence-electron chi connectivity index (χ2n) is 7.99. The Labute approximate surface area is 178 Å². The Morgan fingerprint density at radius 1 is 1.21 bits per heavy atom. The van der Waals surface area contributed by atoms with Crippen molar-refractivity contribution in [2.45, 2.75) is 45.2 Å². The van der Waals surface area contributed by atoms with Crippen molar-refractivity contribution >= 4 is 51.4 Å². The van der Waals surface area contributed by atoms with Crippen LogP contribution >= 0.6 is 34.5 Å². The monoisotopic (exact) mass is 440 g/mol. The van der Waals surface area contributed by atoms with Crippen molar-refractivity contribution < 1.29 is 14.3 Å². The number of thiophene rings is 1. The van der Waals surface area contributed by atoms with Crippen molar-refractivity contribution in [1.29, 1.82) is 0 Å². The number of hydrogen-bond acceptors (Lipinski definition) is 5. The number of anilines is 1. The molecule has 8 heteroatoms. The summed E-state index contributed by atoms with van der Waals surface area (Å²) in [6, 6.07) is 4.68. The number of carbonyl (C=O) groups excluding carboxylic acids is 2. The van der Waals surface area contributed by atoms with Crippen molar-refractivity contribution in [3.05, 3.63) is 49.8 Å². The summed E-state index contributed by atoms with van der Waals surface area (Å²) in [6.07, 6.45) is 0.639.